The summed E-state index contributed by atoms with van der Waals surface area (Å²) in [6.07, 6.45) is 0. The second-order valence-electron chi connectivity index (χ2n) is 7.52. The van der Waals surface area contributed by atoms with Crippen LogP contribution in [0.1, 0.15) is 45.1 Å². The Morgan fingerprint density at radius 1 is 1.16 bits per heavy atom. The Morgan fingerprint density at radius 2 is 1.76 bits per heavy atom. The van der Waals surface area contributed by atoms with Gasteiger partial charge in [0.15, 0.2) is 18.1 Å². The fourth-order valence-corrected chi connectivity index (χ4v) is 2.27. The smallest absolute Gasteiger partial charge is 0.359 e. The van der Waals surface area contributed by atoms with Crippen LogP contribution in [0.15, 0.2) is 29.1 Å². The number of ketones is 1. The molecule has 0 saturated heterocycles. The van der Waals surface area contributed by atoms with Gasteiger partial charge in [0.05, 0.1) is 5.39 Å². The number of carbonyl (C=O) groups excluding carboxylic acids is 2. The summed E-state index contributed by atoms with van der Waals surface area (Å²) in [5.41, 5.74) is -0.782. The number of hydrogen-bond acceptors (Lipinski definition) is 5. The van der Waals surface area contributed by atoms with Gasteiger partial charge in [0.2, 0.25) is 0 Å². The second-order valence-corrected chi connectivity index (χ2v) is 7.52. The van der Waals surface area contributed by atoms with Crippen LogP contribution in [-0.4, -0.2) is 28.1 Å². The number of Topliss-reactive ketones (excluding diaryl/α,β-unsaturated/α-hetero) is 1. The van der Waals surface area contributed by atoms with Crippen LogP contribution in [0, 0.1) is 11.3 Å². The highest BCUT2D eigenvalue weighted by Gasteiger charge is 2.24. The van der Waals surface area contributed by atoms with Gasteiger partial charge in [0.1, 0.15) is 0 Å². The maximum atomic E-state index is 12.5. The normalized spacial score (nSPS) is 11.8. The Kier molecular flexibility index (Phi) is 5.40. The molecule has 0 saturated carbocycles. The Labute approximate surface area is 146 Å². The summed E-state index contributed by atoms with van der Waals surface area (Å²) in [5, 5.41) is 5.04. The number of ether oxygens (including phenoxy) is 1. The number of aromatic nitrogens is 2. The first-order chi connectivity index (χ1) is 11.6. The quantitative estimate of drug-likeness (QED) is 0.779. The van der Waals surface area contributed by atoms with Crippen LogP contribution in [0.25, 0.3) is 10.8 Å². The molecule has 0 amide bonds. The highest BCUT2D eigenvalue weighted by Crippen LogP contribution is 2.17. The topological polar surface area (TPSA) is 78.3 Å². The van der Waals surface area contributed by atoms with Gasteiger partial charge in [-0.25, -0.2) is 9.48 Å². The van der Waals surface area contributed by atoms with E-state index in [1.54, 1.807) is 45.0 Å². The SMILES string of the molecule is CC(C)Cn1nc(C(=O)OCC(=O)C(C)(C)C)c2ccccc2c1=O. The summed E-state index contributed by atoms with van der Waals surface area (Å²) in [5.74, 6) is -0.690. The van der Waals surface area contributed by atoms with Crippen LogP contribution in [0.5, 0.6) is 0 Å². The molecule has 0 aliphatic rings. The molecule has 0 aliphatic carbocycles. The van der Waals surface area contributed by atoms with Gasteiger partial charge in [-0.1, -0.05) is 52.8 Å². The molecule has 0 aliphatic heterocycles. The van der Waals surface area contributed by atoms with Gasteiger partial charge in [0.25, 0.3) is 5.56 Å². The molecule has 0 N–H and O–H groups in total. The Balaban J connectivity index is 2.42. The van der Waals surface area contributed by atoms with Crippen LogP contribution in [0.4, 0.5) is 0 Å². The molecule has 0 radical (unpaired) electrons. The lowest BCUT2D eigenvalue weighted by molar-refractivity contribution is -0.129. The molecule has 0 bridgehead atoms. The van der Waals surface area contributed by atoms with Gasteiger partial charge in [0, 0.05) is 17.3 Å². The van der Waals surface area contributed by atoms with Gasteiger partial charge in [-0.2, -0.15) is 5.10 Å². The Bertz CT molecular complexity index is 860. The van der Waals surface area contributed by atoms with Crippen molar-refractivity contribution < 1.29 is 14.3 Å². The molecule has 6 heteroatoms. The first-order valence-corrected chi connectivity index (χ1v) is 8.31. The molecule has 134 valence electrons. The van der Waals surface area contributed by atoms with Crippen molar-refractivity contribution in [3.63, 3.8) is 0 Å². The number of carbonyl (C=O) groups is 2. The van der Waals surface area contributed by atoms with E-state index in [-0.39, 0.29) is 29.6 Å². The van der Waals surface area contributed by atoms with Crippen LogP contribution >= 0.6 is 0 Å². The Hall–Kier alpha value is -2.50. The number of rotatable bonds is 5. The van der Waals surface area contributed by atoms with Gasteiger partial charge in [-0.05, 0) is 12.0 Å². The summed E-state index contributed by atoms with van der Waals surface area (Å²) in [6, 6.07) is 6.79. The standard InChI is InChI=1S/C19H24N2O4/c1-12(2)10-21-17(23)14-9-7-6-8-13(14)16(20-21)18(24)25-11-15(22)19(3,4)5/h6-9,12H,10-11H2,1-5H3. The van der Waals surface area contributed by atoms with E-state index in [1.165, 1.54) is 4.68 Å². The molecule has 1 aromatic heterocycles. The van der Waals surface area contributed by atoms with Crippen molar-refractivity contribution in [2.24, 2.45) is 11.3 Å². The minimum atomic E-state index is -0.702. The van der Waals surface area contributed by atoms with Crippen LogP contribution in [0.2, 0.25) is 0 Å². The molecule has 0 atom stereocenters. The first kappa shape index (κ1) is 18.8. The summed E-state index contributed by atoms with van der Waals surface area (Å²) >= 11 is 0. The zero-order chi connectivity index (χ0) is 18.8. The maximum absolute atomic E-state index is 12.5. The Morgan fingerprint density at radius 3 is 2.32 bits per heavy atom. The van der Waals surface area contributed by atoms with E-state index < -0.39 is 11.4 Å². The van der Waals surface area contributed by atoms with E-state index in [0.717, 1.165) is 0 Å². The lowest BCUT2D eigenvalue weighted by atomic mass is 9.91. The van der Waals surface area contributed by atoms with Crippen LogP contribution in [0.3, 0.4) is 0 Å². The second kappa shape index (κ2) is 7.17. The van der Waals surface area contributed by atoms with Crippen molar-refractivity contribution in [1.82, 2.24) is 9.78 Å². The van der Waals surface area contributed by atoms with E-state index >= 15 is 0 Å². The van der Waals surface area contributed by atoms with E-state index in [9.17, 15) is 14.4 Å². The highest BCUT2D eigenvalue weighted by atomic mass is 16.5. The summed E-state index contributed by atoms with van der Waals surface area (Å²) < 4.78 is 6.44. The fraction of sp³-hybridized carbons (Fsp3) is 0.474. The number of esters is 1. The average Bonchev–Trinajstić information content (AvgIpc) is 2.53. The number of hydrogen-bond donors (Lipinski definition) is 0. The van der Waals surface area contributed by atoms with Gasteiger partial charge in [-0.15, -0.1) is 0 Å². The third kappa shape index (κ3) is 4.32. The van der Waals surface area contributed by atoms with Crippen LogP contribution < -0.4 is 5.56 Å². The fourth-order valence-electron chi connectivity index (χ4n) is 2.27. The molecular weight excluding hydrogens is 320 g/mol. The maximum Gasteiger partial charge on any atom is 0.359 e. The molecule has 2 rings (SSSR count). The van der Waals surface area contributed by atoms with Gasteiger partial charge in [-0.3, -0.25) is 9.59 Å². The molecule has 0 unspecified atom stereocenters. The summed E-state index contributed by atoms with van der Waals surface area (Å²) in [7, 11) is 0. The largest absolute Gasteiger partial charge is 0.453 e. The number of benzene rings is 1. The molecular formula is C19H24N2O4. The van der Waals surface area contributed by atoms with Crippen molar-refractivity contribution in [1.29, 1.82) is 0 Å². The lowest BCUT2D eigenvalue weighted by Gasteiger charge is -2.16. The molecule has 1 heterocycles. The zero-order valence-electron chi connectivity index (χ0n) is 15.3. The molecule has 0 spiro atoms. The monoisotopic (exact) mass is 344 g/mol. The third-order valence-electron chi connectivity index (χ3n) is 3.77. The minimum Gasteiger partial charge on any atom is -0.453 e. The molecule has 2 aromatic rings. The predicted octanol–water partition coefficient (Wildman–Crippen LogP) is 2.82. The highest BCUT2D eigenvalue weighted by molar-refractivity contribution is 6.02. The first-order valence-electron chi connectivity index (χ1n) is 8.31. The van der Waals surface area contributed by atoms with Crippen molar-refractivity contribution in [2.45, 2.75) is 41.2 Å². The predicted molar refractivity (Wildman–Crippen MR) is 95.6 cm³/mol. The van der Waals surface area contributed by atoms with Gasteiger partial charge < -0.3 is 4.74 Å². The van der Waals surface area contributed by atoms with Gasteiger partial charge >= 0.3 is 5.97 Å². The van der Waals surface area contributed by atoms with E-state index in [4.69, 9.17) is 4.74 Å². The summed E-state index contributed by atoms with van der Waals surface area (Å²) in [6.45, 7) is 9.29. The van der Waals surface area contributed by atoms with E-state index in [1.807, 2.05) is 13.8 Å². The van der Waals surface area contributed by atoms with Crippen molar-refractivity contribution >= 4 is 22.5 Å². The third-order valence-corrected chi connectivity index (χ3v) is 3.77. The van der Waals surface area contributed by atoms with Crippen LogP contribution in [-0.2, 0) is 16.1 Å². The minimum absolute atomic E-state index is 0.0533. The van der Waals surface area contributed by atoms with E-state index in [0.29, 0.717) is 17.3 Å². The molecule has 1 aromatic carbocycles. The van der Waals surface area contributed by atoms with E-state index in [2.05, 4.69) is 5.10 Å². The lowest BCUT2D eigenvalue weighted by Crippen LogP contribution is -2.30. The zero-order valence-corrected chi connectivity index (χ0v) is 15.3. The molecule has 25 heavy (non-hydrogen) atoms. The average molecular weight is 344 g/mol. The van der Waals surface area contributed by atoms with Crippen molar-refractivity contribution in [2.75, 3.05) is 6.61 Å². The number of fused-ring (bicyclic) bond motifs is 1. The molecule has 6 nitrogen and oxygen atoms in total. The molecule has 0 fully saturated rings. The van der Waals surface area contributed by atoms with Crippen molar-refractivity contribution in [3.05, 3.63) is 40.3 Å². The van der Waals surface area contributed by atoms with Crippen molar-refractivity contribution in [3.8, 4) is 0 Å². The summed E-state index contributed by atoms with van der Waals surface area (Å²) in [4.78, 5) is 37.0. The number of nitrogens with zero attached hydrogens (tertiary/aromatic N) is 2.